The van der Waals surface area contributed by atoms with Crippen LogP contribution in [0, 0.1) is 18.8 Å². The lowest BCUT2D eigenvalue weighted by Crippen LogP contribution is -2.44. The van der Waals surface area contributed by atoms with Crippen molar-refractivity contribution < 1.29 is 27.5 Å². The molecule has 0 aromatic heterocycles. The minimum absolute atomic E-state index is 0.0730. The number of sulfonamides is 1. The minimum atomic E-state index is -3.74. The van der Waals surface area contributed by atoms with Crippen molar-refractivity contribution in [2.45, 2.75) is 32.1 Å². The van der Waals surface area contributed by atoms with Crippen molar-refractivity contribution in [1.82, 2.24) is 9.21 Å². The number of morpholine rings is 1. The van der Waals surface area contributed by atoms with Crippen molar-refractivity contribution in [3.05, 3.63) is 29.3 Å². The number of aryl methyl sites for hydroxylation is 1. The standard InChI is InChI=1S/C21H30N2O6S/c1-15-10-16(2)13-22(12-15)20(24)14-29-21(25)18-5-4-17(3)19(11-18)30(26,27)23-6-8-28-9-7-23/h4-5,11,15-16H,6-10,12-14H2,1-3H3/t15-,16+. The van der Waals surface area contributed by atoms with Crippen LogP contribution in [0.1, 0.15) is 36.2 Å². The Labute approximate surface area is 178 Å². The van der Waals surface area contributed by atoms with Crippen LogP contribution < -0.4 is 0 Å². The zero-order chi connectivity index (χ0) is 21.9. The number of hydrogen-bond acceptors (Lipinski definition) is 6. The highest BCUT2D eigenvalue weighted by molar-refractivity contribution is 7.89. The number of hydrogen-bond donors (Lipinski definition) is 0. The van der Waals surface area contributed by atoms with Gasteiger partial charge in [-0.1, -0.05) is 19.9 Å². The molecular formula is C21H30N2O6S. The summed E-state index contributed by atoms with van der Waals surface area (Å²) in [6, 6.07) is 4.43. The Bertz CT molecular complexity index is 885. The fraction of sp³-hybridized carbons (Fsp3) is 0.619. The lowest BCUT2D eigenvalue weighted by atomic mass is 9.92. The number of esters is 1. The van der Waals surface area contributed by atoms with Gasteiger partial charge in [0.2, 0.25) is 10.0 Å². The topological polar surface area (TPSA) is 93.2 Å². The molecule has 30 heavy (non-hydrogen) atoms. The van der Waals surface area contributed by atoms with Crippen molar-refractivity contribution in [2.24, 2.45) is 11.8 Å². The van der Waals surface area contributed by atoms with E-state index in [9.17, 15) is 18.0 Å². The summed E-state index contributed by atoms with van der Waals surface area (Å²) >= 11 is 0. The average Bonchev–Trinajstić information content (AvgIpc) is 2.71. The second kappa shape index (κ2) is 9.45. The molecule has 2 fully saturated rings. The van der Waals surface area contributed by atoms with Crippen molar-refractivity contribution in [2.75, 3.05) is 46.0 Å². The van der Waals surface area contributed by atoms with Crippen molar-refractivity contribution in [3.63, 3.8) is 0 Å². The van der Waals surface area contributed by atoms with Gasteiger partial charge in [-0.15, -0.1) is 0 Å². The van der Waals surface area contributed by atoms with Crippen LogP contribution in [0.2, 0.25) is 0 Å². The number of amides is 1. The van der Waals surface area contributed by atoms with E-state index >= 15 is 0 Å². The quantitative estimate of drug-likeness (QED) is 0.650. The molecule has 0 bridgehead atoms. The number of benzene rings is 1. The average molecular weight is 439 g/mol. The van der Waals surface area contributed by atoms with Crippen LogP contribution in [0.25, 0.3) is 0 Å². The Kier molecular flexibility index (Phi) is 7.15. The summed E-state index contributed by atoms with van der Waals surface area (Å²) in [5, 5.41) is 0. The maximum Gasteiger partial charge on any atom is 0.338 e. The van der Waals surface area contributed by atoms with E-state index in [1.54, 1.807) is 17.9 Å². The third-order valence-corrected chi connectivity index (χ3v) is 7.60. The fourth-order valence-corrected chi connectivity index (χ4v) is 5.76. The first-order valence-electron chi connectivity index (χ1n) is 10.3. The molecule has 0 aliphatic carbocycles. The van der Waals surface area contributed by atoms with E-state index in [1.807, 2.05) is 0 Å². The van der Waals surface area contributed by atoms with Crippen LogP contribution >= 0.6 is 0 Å². The molecule has 1 aromatic carbocycles. The molecule has 0 spiro atoms. The zero-order valence-corrected chi connectivity index (χ0v) is 18.6. The van der Waals surface area contributed by atoms with Crippen LogP contribution in [0.4, 0.5) is 0 Å². The summed E-state index contributed by atoms with van der Waals surface area (Å²) in [4.78, 5) is 26.8. The maximum absolute atomic E-state index is 13.0. The van der Waals surface area contributed by atoms with Crippen LogP contribution in [0.15, 0.2) is 23.1 Å². The third-order valence-electron chi connectivity index (χ3n) is 5.56. The van der Waals surface area contributed by atoms with Gasteiger partial charge < -0.3 is 14.4 Å². The molecule has 0 radical (unpaired) electrons. The molecule has 9 heteroatoms. The van der Waals surface area contributed by atoms with Gasteiger partial charge in [0, 0.05) is 26.2 Å². The van der Waals surface area contributed by atoms with Gasteiger partial charge in [-0.25, -0.2) is 13.2 Å². The predicted molar refractivity (Wildman–Crippen MR) is 111 cm³/mol. The molecule has 2 atom stereocenters. The van der Waals surface area contributed by atoms with Crippen molar-refractivity contribution in [3.8, 4) is 0 Å². The summed E-state index contributed by atoms with van der Waals surface area (Å²) in [6.45, 7) is 8.10. The molecule has 2 aliphatic heterocycles. The van der Waals surface area contributed by atoms with Gasteiger partial charge in [-0.05, 0) is 42.9 Å². The summed E-state index contributed by atoms with van der Waals surface area (Å²) in [5.74, 6) is -0.105. The minimum Gasteiger partial charge on any atom is -0.452 e. The molecule has 3 rings (SSSR count). The normalized spacial score (nSPS) is 23.2. The van der Waals surface area contributed by atoms with Gasteiger partial charge in [0.15, 0.2) is 6.61 Å². The van der Waals surface area contributed by atoms with Gasteiger partial charge >= 0.3 is 5.97 Å². The Morgan fingerprint density at radius 1 is 1.13 bits per heavy atom. The van der Waals surface area contributed by atoms with Crippen molar-refractivity contribution in [1.29, 1.82) is 0 Å². The van der Waals surface area contributed by atoms with Crippen LogP contribution in [-0.2, 0) is 24.3 Å². The van der Waals surface area contributed by atoms with E-state index in [2.05, 4.69) is 13.8 Å². The van der Waals surface area contributed by atoms with E-state index in [4.69, 9.17) is 9.47 Å². The maximum atomic E-state index is 13.0. The molecule has 2 heterocycles. The van der Waals surface area contributed by atoms with E-state index in [0.29, 0.717) is 43.7 Å². The molecule has 2 saturated heterocycles. The lowest BCUT2D eigenvalue weighted by molar-refractivity contribution is -0.137. The van der Waals surface area contributed by atoms with Gasteiger partial charge in [0.25, 0.3) is 5.91 Å². The molecule has 2 aliphatic rings. The second-order valence-corrected chi connectivity index (χ2v) is 10.2. The van der Waals surface area contributed by atoms with Gasteiger partial charge in [0.05, 0.1) is 23.7 Å². The number of carbonyl (C=O) groups is 2. The molecule has 0 N–H and O–H groups in total. The van der Waals surface area contributed by atoms with Crippen LogP contribution in [-0.4, -0.2) is 75.5 Å². The monoisotopic (exact) mass is 438 g/mol. The highest BCUT2D eigenvalue weighted by atomic mass is 32.2. The molecular weight excluding hydrogens is 408 g/mol. The fourth-order valence-electron chi connectivity index (χ4n) is 4.10. The number of rotatable bonds is 5. The molecule has 1 amide bonds. The highest BCUT2D eigenvalue weighted by Crippen LogP contribution is 2.23. The summed E-state index contributed by atoms with van der Waals surface area (Å²) in [6.07, 6.45) is 1.08. The first-order valence-corrected chi connectivity index (χ1v) is 11.8. The summed E-state index contributed by atoms with van der Waals surface area (Å²) in [5.41, 5.74) is 0.658. The first-order chi connectivity index (χ1) is 14.2. The van der Waals surface area contributed by atoms with Gasteiger partial charge in [-0.2, -0.15) is 4.31 Å². The SMILES string of the molecule is Cc1ccc(C(=O)OCC(=O)N2C[C@H](C)C[C@H](C)C2)cc1S(=O)(=O)N1CCOCC1. The zero-order valence-electron chi connectivity index (χ0n) is 17.8. The second-order valence-electron chi connectivity index (χ2n) is 8.32. The number of ether oxygens (including phenoxy) is 2. The predicted octanol–water partition coefficient (Wildman–Crippen LogP) is 1.68. The molecule has 166 valence electrons. The Morgan fingerprint density at radius 3 is 2.40 bits per heavy atom. The van der Waals surface area contributed by atoms with Crippen LogP contribution in [0.3, 0.4) is 0 Å². The smallest absolute Gasteiger partial charge is 0.338 e. The number of nitrogens with zero attached hydrogens (tertiary/aromatic N) is 2. The van der Waals surface area contributed by atoms with Gasteiger partial charge in [-0.3, -0.25) is 4.79 Å². The van der Waals surface area contributed by atoms with Gasteiger partial charge in [0.1, 0.15) is 0 Å². The molecule has 1 aromatic rings. The first kappa shape index (κ1) is 22.7. The molecule has 0 unspecified atom stereocenters. The number of piperidine rings is 1. The Hall–Kier alpha value is -1.97. The van der Waals surface area contributed by atoms with E-state index < -0.39 is 16.0 Å². The van der Waals surface area contributed by atoms with E-state index in [0.717, 1.165) is 6.42 Å². The van der Waals surface area contributed by atoms with Crippen LogP contribution in [0.5, 0.6) is 0 Å². The van der Waals surface area contributed by atoms with E-state index in [-0.39, 0.29) is 36.1 Å². The highest BCUT2D eigenvalue weighted by Gasteiger charge is 2.29. The molecule has 0 saturated carbocycles. The molecule has 8 nitrogen and oxygen atoms in total. The number of carbonyl (C=O) groups excluding carboxylic acids is 2. The van der Waals surface area contributed by atoms with Crippen molar-refractivity contribution >= 4 is 21.9 Å². The number of likely N-dealkylation sites (tertiary alicyclic amines) is 1. The Balaban J connectivity index is 1.68. The Morgan fingerprint density at radius 2 is 1.77 bits per heavy atom. The summed E-state index contributed by atoms with van der Waals surface area (Å²) in [7, 11) is -3.74. The summed E-state index contributed by atoms with van der Waals surface area (Å²) < 4.78 is 37.7. The van der Waals surface area contributed by atoms with E-state index in [1.165, 1.54) is 16.4 Å². The third kappa shape index (κ3) is 5.19. The lowest BCUT2D eigenvalue weighted by Gasteiger charge is -2.34. The largest absolute Gasteiger partial charge is 0.452 e.